The molecule has 0 radical (unpaired) electrons. The fourth-order valence-corrected chi connectivity index (χ4v) is 2.02. The summed E-state index contributed by atoms with van der Waals surface area (Å²) >= 11 is 0. The number of hydrogen-bond donors (Lipinski definition) is 1. The van der Waals surface area contributed by atoms with Crippen LogP contribution in [0.25, 0.3) is 0 Å². The Labute approximate surface area is 87.0 Å². The molecule has 0 saturated carbocycles. The van der Waals surface area contributed by atoms with Crippen LogP contribution in [-0.2, 0) is 4.74 Å². The van der Waals surface area contributed by atoms with E-state index >= 15 is 0 Å². The first-order valence-corrected chi connectivity index (χ1v) is 5.56. The SMILES string of the molecule is C=C1C(C)CC(CC)OC1C[C@@H](C)O. The molecule has 1 N–H and O–H groups in total. The lowest BCUT2D eigenvalue weighted by Gasteiger charge is -2.36. The molecule has 0 aliphatic carbocycles. The molecule has 0 bridgehead atoms. The Morgan fingerprint density at radius 3 is 2.79 bits per heavy atom. The predicted octanol–water partition coefficient (Wildman–Crippen LogP) is 2.52. The first-order chi connectivity index (χ1) is 6.54. The average molecular weight is 198 g/mol. The molecule has 1 aliphatic rings. The molecule has 1 saturated heterocycles. The maximum atomic E-state index is 9.35. The lowest BCUT2D eigenvalue weighted by molar-refractivity contribution is -0.0506. The van der Waals surface area contributed by atoms with Gasteiger partial charge in [0.2, 0.25) is 0 Å². The minimum atomic E-state index is -0.306. The lowest BCUT2D eigenvalue weighted by Crippen LogP contribution is -2.35. The summed E-state index contributed by atoms with van der Waals surface area (Å²) in [5.41, 5.74) is 1.15. The van der Waals surface area contributed by atoms with Gasteiger partial charge in [-0.25, -0.2) is 0 Å². The zero-order valence-electron chi connectivity index (χ0n) is 9.49. The van der Waals surface area contributed by atoms with Crippen LogP contribution in [0.2, 0.25) is 0 Å². The highest BCUT2D eigenvalue weighted by atomic mass is 16.5. The number of aliphatic hydroxyl groups is 1. The van der Waals surface area contributed by atoms with Gasteiger partial charge in [-0.05, 0) is 31.3 Å². The van der Waals surface area contributed by atoms with Gasteiger partial charge in [0.1, 0.15) is 0 Å². The molecule has 0 spiro atoms. The zero-order chi connectivity index (χ0) is 10.7. The van der Waals surface area contributed by atoms with Crippen molar-refractivity contribution in [3.63, 3.8) is 0 Å². The maximum Gasteiger partial charge on any atom is 0.0813 e. The Morgan fingerprint density at radius 1 is 1.64 bits per heavy atom. The van der Waals surface area contributed by atoms with Gasteiger partial charge in [-0.3, -0.25) is 0 Å². The Hall–Kier alpha value is -0.340. The zero-order valence-corrected chi connectivity index (χ0v) is 9.49. The van der Waals surface area contributed by atoms with Crippen molar-refractivity contribution in [2.75, 3.05) is 0 Å². The number of aliphatic hydroxyl groups excluding tert-OH is 1. The van der Waals surface area contributed by atoms with Crippen molar-refractivity contribution in [2.45, 2.75) is 58.3 Å². The molecular formula is C12H22O2. The van der Waals surface area contributed by atoms with Crippen LogP contribution in [0.1, 0.15) is 40.0 Å². The number of hydrogen-bond acceptors (Lipinski definition) is 2. The molecule has 2 heteroatoms. The minimum Gasteiger partial charge on any atom is -0.393 e. The third-order valence-electron chi connectivity index (χ3n) is 3.03. The van der Waals surface area contributed by atoms with Crippen LogP contribution in [0.15, 0.2) is 12.2 Å². The van der Waals surface area contributed by atoms with E-state index in [4.69, 9.17) is 4.74 Å². The smallest absolute Gasteiger partial charge is 0.0813 e. The van der Waals surface area contributed by atoms with Crippen LogP contribution in [0.4, 0.5) is 0 Å². The van der Waals surface area contributed by atoms with E-state index in [1.54, 1.807) is 6.92 Å². The van der Waals surface area contributed by atoms with E-state index in [2.05, 4.69) is 20.4 Å². The molecule has 1 heterocycles. The number of rotatable bonds is 3. The third kappa shape index (κ3) is 2.82. The van der Waals surface area contributed by atoms with Crippen molar-refractivity contribution in [3.05, 3.63) is 12.2 Å². The Morgan fingerprint density at radius 2 is 2.29 bits per heavy atom. The van der Waals surface area contributed by atoms with Crippen molar-refractivity contribution >= 4 is 0 Å². The largest absolute Gasteiger partial charge is 0.393 e. The fraction of sp³-hybridized carbons (Fsp3) is 0.833. The van der Waals surface area contributed by atoms with Gasteiger partial charge in [-0.15, -0.1) is 0 Å². The fourth-order valence-electron chi connectivity index (χ4n) is 2.02. The summed E-state index contributed by atoms with van der Waals surface area (Å²) in [6.07, 6.45) is 2.90. The van der Waals surface area contributed by atoms with Crippen LogP contribution in [0.3, 0.4) is 0 Å². The molecule has 0 amide bonds. The van der Waals surface area contributed by atoms with Gasteiger partial charge in [-0.2, -0.15) is 0 Å². The second-order valence-corrected chi connectivity index (χ2v) is 4.45. The summed E-state index contributed by atoms with van der Waals surface area (Å²) in [5.74, 6) is 0.525. The Kier molecular flexibility index (Phi) is 4.14. The molecule has 0 aromatic heterocycles. The molecular weight excluding hydrogens is 176 g/mol. The van der Waals surface area contributed by atoms with Crippen molar-refractivity contribution in [1.29, 1.82) is 0 Å². The third-order valence-corrected chi connectivity index (χ3v) is 3.03. The second kappa shape index (κ2) is 4.94. The molecule has 1 fully saturated rings. The van der Waals surface area contributed by atoms with Gasteiger partial charge < -0.3 is 9.84 Å². The first kappa shape index (κ1) is 11.7. The van der Waals surface area contributed by atoms with Crippen molar-refractivity contribution in [1.82, 2.24) is 0 Å². The quantitative estimate of drug-likeness (QED) is 0.706. The van der Waals surface area contributed by atoms with Gasteiger partial charge in [0.15, 0.2) is 0 Å². The van der Waals surface area contributed by atoms with Gasteiger partial charge in [0, 0.05) is 6.42 Å². The molecule has 14 heavy (non-hydrogen) atoms. The normalized spacial score (nSPS) is 35.7. The van der Waals surface area contributed by atoms with Crippen LogP contribution >= 0.6 is 0 Å². The molecule has 3 unspecified atom stereocenters. The summed E-state index contributed by atoms with van der Waals surface area (Å²) in [5, 5.41) is 9.35. The molecule has 82 valence electrons. The van der Waals surface area contributed by atoms with E-state index < -0.39 is 0 Å². The van der Waals surface area contributed by atoms with E-state index in [1.807, 2.05) is 0 Å². The van der Waals surface area contributed by atoms with Gasteiger partial charge >= 0.3 is 0 Å². The second-order valence-electron chi connectivity index (χ2n) is 4.45. The average Bonchev–Trinajstić information content (AvgIpc) is 2.11. The van der Waals surface area contributed by atoms with E-state index in [1.165, 1.54) is 0 Å². The Balaban J connectivity index is 2.58. The van der Waals surface area contributed by atoms with Crippen LogP contribution < -0.4 is 0 Å². The summed E-state index contributed by atoms with van der Waals surface area (Å²) in [4.78, 5) is 0. The standard InChI is InChI=1S/C12H22O2/c1-5-11-6-8(2)10(4)12(14-11)7-9(3)13/h8-9,11-13H,4-7H2,1-3H3/t8?,9-,11?,12?/m1/s1. The van der Waals surface area contributed by atoms with E-state index in [0.29, 0.717) is 18.4 Å². The van der Waals surface area contributed by atoms with E-state index in [0.717, 1.165) is 18.4 Å². The van der Waals surface area contributed by atoms with Gasteiger partial charge in [-0.1, -0.05) is 20.4 Å². The topological polar surface area (TPSA) is 29.5 Å². The van der Waals surface area contributed by atoms with Crippen molar-refractivity contribution < 1.29 is 9.84 Å². The monoisotopic (exact) mass is 198 g/mol. The van der Waals surface area contributed by atoms with Crippen molar-refractivity contribution in [2.24, 2.45) is 5.92 Å². The van der Waals surface area contributed by atoms with Gasteiger partial charge in [0.25, 0.3) is 0 Å². The summed E-state index contributed by atoms with van der Waals surface area (Å²) in [6.45, 7) is 10.2. The van der Waals surface area contributed by atoms with E-state index in [9.17, 15) is 5.11 Å². The highest BCUT2D eigenvalue weighted by Crippen LogP contribution is 2.32. The highest BCUT2D eigenvalue weighted by Gasteiger charge is 2.29. The van der Waals surface area contributed by atoms with Crippen LogP contribution in [0, 0.1) is 5.92 Å². The minimum absolute atomic E-state index is 0.0590. The summed E-state index contributed by atoms with van der Waals surface area (Å²) < 4.78 is 5.87. The molecule has 0 aromatic carbocycles. The molecule has 1 rings (SSSR count). The van der Waals surface area contributed by atoms with E-state index in [-0.39, 0.29) is 12.2 Å². The van der Waals surface area contributed by atoms with Gasteiger partial charge in [0.05, 0.1) is 18.3 Å². The van der Waals surface area contributed by atoms with Crippen LogP contribution in [0.5, 0.6) is 0 Å². The molecule has 0 aromatic rings. The summed E-state index contributed by atoms with van der Waals surface area (Å²) in [7, 11) is 0. The van der Waals surface area contributed by atoms with Crippen molar-refractivity contribution in [3.8, 4) is 0 Å². The Bertz CT molecular complexity index is 198. The van der Waals surface area contributed by atoms with Crippen LogP contribution in [-0.4, -0.2) is 23.4 Å². The first-order valence-electron chi connectivity index (χ1n) is 5.56. The predicted molar refractivity (Wildman–Crippen MR) is 58.2 cm³/mol. The number of ether oxygens (including phenoxy) is 1. The molecule has 4 atom stereocenters. The summed E-state index contributed by atoms with van der Waals surface area (Å²) in [6, 6.07) is 0. The molecule has 2 nitrogen and oxygen atoms in total. The lowest BCUT2D eigenvalue weighted by atomic mass is 9.86. The maximum absolute atomic E-state index is 9.35. The highest BCUT2D eigenvalue weighted by molar-refractivity contribution is 5.10. The molecule has 1 aliphatic heterocycles.